The summed E-state index contributed by atoms with van der Waals surface area (Å²) in [5.41, 5.74) is -0.257. The molecule has 0 aromatic heterocycles. The van der Waals surface area contributed by atoms with Gasteiger partial charge < -0.3 is 14.9 Å². The minimum absolute atomic E-state index is 0.200. The minimum Gasteiger partial charge on any atom is -0.480 e. The molecule has 2 amide bonds. The van der Waals surface area contributed by atoms with Gasteiger partial charge in [0.1, 0.15) is 6.04 Å². The molecule has 0 bridgehead atoms. The van der Waals surface area contributed by atoms with Crippen LogP contribution >= 0.6 is 11.8 Å². The van der Waals surface area contributed by atoms with E-state index in [9.17, 15) is 9.59 Å². The molecule has 1 rings (SSSR count). The van der Waals surface area contributed by atoms with Crippen LogP contribution in [0, 0.1) is 0 Å². The summed E-state index contributed by atoms with van der Waals surface area (Å²) in [7, 11) is 1.73. The summed E-state index contributed by atoms with van der Waals surface area (Å²) in [6.07, 6.45) is 0.827. The lowest BCUT2D eigenvalue weighted by Crippen LogP contribution is -2.53. The number of thioether (sulfide) groups is 1. The molecule has 1 fully saturated rings. The maximum Gasteiger partial charge on any atom is 0.327 e. The van der Waals surface area contributed by atoms with Crippen LogP contribution in [0.5, 0.6) is 0 Å². The molecular weight excluding hydrogens is 240 g/mol. The lowest BCUT2D eigenvalue weighted by atomic mass is 10.0. The van der Waals surface area contributed by atoms with Gasteiger partial charge in [-0.15, -0.1) is 11.8 Å². The van der Waals surface area contributed by atoms with Gasteiger partial charge in [0.05, 0.1) is 5.88 Å². The maximum absolute atomic E-state index is 12.2. The zero-order chi connectivity index (χ0) is 13.2. The van der Waals surface area contributed by atoms with E-state index in [2.05, 4.69) is 0 Å². The Kier molecular flexibility index (Phi) is 4.30. The fourth-order valence-corrected chi connectivity index (χ4v) is 2.66. The van der Waals surface area contributed by atoms with Crippen molar-refractivity contribution in [3.63, 3.8) is 0 Å². The molecule has 0 aliphatic carbocycles. The first-order valence-corrected chi connectivity index (χ1v) is 6.81. The molecule has 0 saturated carbocycles. The van der Waals surface area contributed by atoms with Gasteiger partial charge in [-0.1, -0.05) is 6.92 Å². The third kappa shape index (κ3) is 2.86. The van der Waals surface area contributed by atoms with Gasteiger partial charge in [0.15, 0.2) is 0 Å². The fourth-order valence-electron chi connectivity index (χ4n) is 1.52. The fraction of sp³-hybridized carbons (Fsp3) is 0.818. The van der Waals surface area contributed by atoms with Crippen LogP contribution in [0.15, 0.2) is 0 Å². The van der Waals surface area contributed by atoms with E-state index in [-0.39, 0.29) is 11.6 Å². The monoisotopic (exact) mass is 260 g/mol. The molecule has 1 aliphatic rings. The van der Waals surface area contributed by atoms with E-state index in [0.717, 1.165) is 6.42 Å². The number of carboxylic acid groups (broad SMARTS) is 1. The van der Waals surface area contributed by atoms with Gasteiger partial charge in [-0.3, -0.25) is 0 Å². The predicted molar refractivity (Wildman–Crippen MR) is 68.1 cm³/mol. The molecule has 17 heavy (non-hydrogen) atoms. The third-order valence-electron chi connectivity index (χ3n) is 3.47. The van der Waals surface area contributed by atoms with Gasteiger partial charge in [0.25, 0.3) is 0 Å². The van der Waals surface area contributed by atoms with Crippen molar-refractivity contribution < 1.29 is 14.7 Å². The Morgan fingerprint density at radius 1 is 1.53 bits per heavy atom. The highest BCUT2D eigenvalue weighted by molar-refractivity contribution is 7.99. The van der Waals surface area contributed by atoms with Gasteiger partial charge in [-0.2, -0.15) is 0 Å². The molecule has 1 saturated heterocycles. The number of amides is 2. The second-order valence-electron chi connectivity index (χ2n) is 4.83. The van der Waals surface area contributed by atoms with E-state index in [4.69, 9.17) is 5.11 Å². The van der Waals surface area contributed by atoms with Crippen LogP contribution < -0.4 is 0 Å². The molecule has 0 aromatic rings. The lowest BCUT2D eigenvalue weighted by Gasteiger charge is -2.38. The first kappa shape index (κ1) is 14.2. The average Bonchev–Trinajstić information content (AvgIpc) is 2.75. The molecule has 1 aliphatic heterocycles. The van der Waals surface area contributed by atoms with Gasteiger partial charge in [-0.25, -0.2) is 9.59 Å². The highest BCUT2D eigenvalue weighted by Crippen LogP contribution is 2.25. The van der Waals surface area contributed by atoms with Crippen molar-refractivity contribution in [2.75, 3.05) is 18.7 Å². The number of nitrogens with zero attached hydrogens (tertiary/aromatic N) is 2. The van der Waals surface area contributed by atoms with Crippen LogP contribution in [0.25, 0.3) is 0 Å². The van der Waals surface area contributed by atoms with Gasteiger partial charge >= 0.3 is 12.0 Å². The lowest BCUT2D eigenvalue weighted by molar-refractivity contribution is -0.141. The first-order chi connectivity index (χ1) is 7.81. The van der Waals surface area contributed by atoms with Gasteiger partial charge in [-0.05, 0) is 20.3 Å². The Bertz CT molecular complexity index is 320. The summed E-state index contributed by atoms with van der Waals surface area (Å²) in [6, 6.07) is -0.892. The van der Waals surface area contributed by atoms with Crippen molar-refractivity contribution in [2.45, 2.75) is 38.8 Å². The average molecular weight is 260 g/mol. The molecule has 5 nitrogen and oxygen atoms in total. The standard InChI is InChI=1S/C11H20N2O3S/c1-5-11(2,3)12(4)10(16)13-7-17-6-8(13)9(14)15/h8H,5-7H2,1-4H3,(H,14,15). The van der Waals surface area contributed by atoms with E-state index in [1.54, 1.807) is 11.9 Å². The Morgan fingerprint density at radius 3 is 2.59 bits per heavy atom. The van der Waals surface area contributed by atoms with E-state index in [1.165, 1.54) is 16.7 Å². The highest BCUT2D eigenvalue weighted by Gasteiger charge is 2.38. The van der Waals surface area contributed by atoms with Crippen molar-refractivity contribution >= 4 is 23.8 Å². The van der Waals surface area contributed by atoms with Crippen LogP contribution in [0.4, 0.5) is 4.79 Å². The minimum atomic E-state index is -0.925. The third-order valence-corrected chi connectivity index (χ3v) is 4.49. The van der Waals surface area contributed by atoms with Crippen molar-refractivity contribution in [1.29, 1.82) is 0 Å². The summed E-state index contributed by atoms with van der Waals surface area (Å²) in [5.74, 6) is 0.00700. The summed E-state index contributed by atoms with van der Waals surface area (Å²) in [6.45, 7) is 5.96. The van der Waals surface area contributed by atoms with Crippen molar-refractivity contribution in [3.05, 3.63) is 0 Å². The largest absolute Gasteiger partial charge is 0.480 e. The number of aliphatic carboxylic acids is 1. The molecule has 1 unspecified atom stereocenters. The second kappa shape index (κ2) is 5.16. The Morgan fingerprint density at radius 2 is 2.12 bits per heavy atom. The van der Waals surface area contributed by atoms with Gasteiger partial charge in [0, 0.05) is 18.3 Å². The topological polar surface area (TPSA) is 60.9 Å². The molecule has 0 spiro atoms. The van der Waals surface area contributed by atoms with Crippen LogP contribution in [-0.2, 0) is 4.79 Å². The molecule has 1 heterocycles. The van der Waals surface area contributed by atoms with Crippen LogP contribution in [0.2, 0.25) is 0 Å². The number of hydrogen-bond donors (Lipinski definition) is 1. The van der Waals surface area contributed by atoms with Crippen molar-refractivity contribution in [2.24, 2.45) is 0 Å². The number of hydrogen-bond acceptors (Lipinski definition) is 3. The zero-order valence-electron chi connectivity index (χ0n) is 10.8. The van der Waals surface area contributed by atoms with Crippen molar-refractivity contribution in [3.8, 4) is 0 Å². The van der Waals surface area contributed by atoms with E-state index in [1.807, 2.05) is 20.8 Å². The Balaban J connectivity index is 2.79. The van der Waals surface area contributed by atoms with E-state index >= 15 is 0 Å². The normalized spacial score (nSPS) is 20.5. The van der Waals surface area contributed by atoms with Crippen LogP contribution in [0.1, 0.15) is 27.2 Å². The van der Waals surface area contributed by atoms with Gasteiger partial charge in [0.2, 0.25) is 0 Å². The number of carboxylic acids is 1. The smallest absolute Gasteiger partial charge is 0.327 e. The maximum atomic E-state index is 12.2. The first-order valence-electron chi connectivity index (χ1n) is 5.66. The van der Waals surface area contributed by atoms with Crippen LogP contribution in [0.3, 0.4) is 0 Å². The molecule has 0 aromatic carbocycles. The molecule has 6 heteroatoms. The molecule has 1 N–H and O–H groups in total. The van der Waals surface area contributed by atoms with Crippen LogP contribution in [-0.4, -0.2) is 57.2 Å². The highest BCUT2D eigenvalue weighted by atomic mass is 32.2. The number of carbonyl (C=O) groups excluding carboxylic acids is 1. The predicted octanol–water partition coefficient (Wildman–Crippen LogP) is 1.69. The summed E-state index contributed by atoms with van der Waals surface area (Å²) < 4.78 is 0. The quantitative estimate of drug-likeness (QED) is 0.839. The Hall–Kier alpha value is -0.910. The molecular formula is C11H20N2O3S. The van der Waals surface area contributed by atoms with E-state index < -0.39 is 12.0 Å². The molecule has 0 radical (unpaired) electrons. The summed E-state index contributed by atoms with van der Waals surface area (Å²) in [4.78, 5) is 26.3. The number of rotatable bonds is 3. The summed E-state index contributed by atoms with van der Waals surface area (Å²) >= 11 is 1.48. The Labute approximate surface area is 106 Å². The van der Waals surface area contributed by atoms with E-state index in [0.29, 0.717) is 11.6 Å². The summed E-state index contributed by atoms with van der Waals surface area (Å²) in [5, 5.41) is 9.05. The molecule has 98 valence electrons. The number of carbonyl (C=O) groups is 2. The number of urea groups is 1. The SMILES string of the molecule is CCC(C)(C)N(C)C(=O)N1CSCC1C(=O)O. The zero-order valence-corrected chi connectivity index (χ0v) is 11.6. The second-order valence-corrected chi connectivity index (χ2v) is 5.83. The molecule has 1 atom stereocenters. The van der Waals surface area contributed by atoms with Crippen molar-refractivity contribution in [1.82, 2.24) is 9.80 Å².